The zero-order chi connectivity index (χ0) is 22.0. The minimum Gasteiger partial charge on any atom is -0.502 e. The van der Waals surface area contributed by atoms with Crippen molar-refractivity contribution in [2.75, 3.05) is 35.0 Å². The molecule has 0 heterocycles. The molecule has 1 aliphatic carbocycles. The molecular formula is C22H24O8. The molecule has 0 aromatic heterocycles. The molecule has 0 radical (unpaired) electrons. The number of aliphatic hydroxyl groups is 1. The summed E-state index contributed by atoms with van der Waals surface area (Å²) in [4.78, 5) is 11.8. The molecule has 8 heteroatoms. The number of aliphatic hydroxyl groups excluding tert-OH is 1. The van der Waals surface area contributed by atoms with E-state index in [4.69, 9.17) is 18.9 Å². The summed E-state index contributed by atoms with van der Waals surface area (Å²) in [5, 5.41) is 31.1. The Labute approximate surface area is 173 Å². The van der Waals surface area contributed by atoms with E-state index in [1.165, 1.54) is 28.4 Å². The summed E-state index contributed by atoms with van der Waals surface area (Å²) < 4.78 is 21.3. The second kappa shape index (κ2) is 8.54. The molecule has 0 saturated carbocycles. The van der Waals surface area contributed by atoms with Crippen molar-refractivity contribution in [1.82, 2.24) is 0 Å². The lowest BCUT2D eigenvalue weighted by molar-refractivity contribution is -0.105. The summed E-state index contributed by atoms with van der Waals surface area (Å²) in [5.41, 5.74) is 2.13. The van der Waals surface area contributed by atoms with E-state index >= 15 is 0 Å². The highest BCUT2D eigenvalue weighted by Crippen LogP contribution is 2.53. The van der Waals surface area contributed by atoms with E-state index in [2.05, 4.69) is 0 Å². The molecule has 0 spiro atoms. The fourth-order valence-corrected chi connectivity index (χ4v) is 3.97. The van der Waals surface area contributed by atoms with Crippen molar-refractivity contribution in [2.24, 2.45) is 5.92 Å². The molecule has 0 aliphatic heterocycles. The normalized spacial score (nSPS) is 17.6. The van der Waals surface area contributed by atoms with Crippen molar-refractivity contribution >= 4 is 12.4 Å². The largest absolute Gasteiger partial charge is 0.502 e. The summed E-state index contributed by atoms with van der Waals surface area (Å²) in [5.74, 6) is -0.907. The quantitative estimate of drug-likeness (QED) is 0.590. The molecule has 8 nitrogen and oxygen atoms in total. The zero-order valence-electron chi connectivity index (χ0n) is 17.1. The van der Waals surface area contributed by atoms with Crippen LogP contribution >= 0.6 is 0 Å². The molecule has 160 valence electrons. The Hall–Kier alpha value is -3.39. The van der Waals surface area contributed by atoms with Crippen molar-refractivity contribution in [3.63, 3.8) is 0 Å². The Kier molecular flexibility index (Phi) is 6.07. The molecule has 2 aromatic carbocycles. The van der Waals surface area contributed by atoms with Crippen LogP contribution in [-0.2, 0) is 4.79 Å². The van der Waals surface area contributed by atoms with Gasteiger partial charge in [0, 0.05) is 17.4 Å². The fourth-order valence-electron chi connectivity index (χ4n) is 3.97. The van der Waals surface area contributed by atoms with Crippen LogP contribution in [0.15, 0.2) is 23.8 Å². The van der Waals surface area contributed by atoms with E-state index in [-0.39, 0.29) is 41.1 Å². The number of phenols is 2. The van der Waals surface area contributed by atoms with Crippen molar-refractivity contribution in [2.45, 2.75) is 5.92 Å². The van der Waals surface area contributed by atoms with E-state index in [0.717, 1.165) is 0 Å². The van der Waals surface area contributed by atoms with Crippen molar-refractivity contribution < 1.29 is 39.1 Å². The Morgan fingerprint density at radius 1 is 0.900 bits per heavy atom. The van der Waals surface area contributed by atoms with Crippen molar-refractivity contribution in [1.29, 1.82) is 0 Å². The molecule has 30 heavy (non-hydrogen) atoms. The van der Waals surface area contributed by atoms with E-state index in [0.29, 0.717) is 28.5 Å². The highest BCUT2D eigenvalue weighted by atomic mass is 16.5. The molecule has 3 N–H and O–H groups in total. The van der Waals surface area contributed by atoms with E-state index < -0.39 is 11.8 Å². The molecular weight excluding hydrogens is 392 g/mol. The molecule has 3 rings (SSSR count). The van der Waals surface area contributed by atoms with Crippen molar-refractivity contribution in [3.8, 4) is 34.5 Å². The van der Waals surface area contributed by atoms with Gasteiger partial charge in [0.2, 0.25) is 11.5 Å². The molecule has 2 atom stereocenters. The van der Waals surface area contributed by atoms with Crippen LogP contribution in [0.5, 0.6) is 34.5 Å². The zero-order valence-corrected chi connectivity index (χ0v) is 17.1. The Morgan fingerprint density at radius 2 is 1.47 bits per heavy atom. The highest BCUT2D eigenvalue weighted by Gasteiger charge is 2.37. The monoisotopic (exact) mass is 416 g/mol. The van der Waals surface area contributed by atoms with E-state index in [9.17, 15) is 20.1 Å². The van der Waals surface area contributed by atoms with Gasteiger partial charge in [-0.25, -0.2) is 0 Å². The van der Waals surface area contributed by atoms with Gasteiger partial charge in [-0.2, -0.15) is 0 Å². The van der Waals surface area contributed by atoms with Gasteiger partial charge < -0.3 is 34.3 Å². The number of carbonyl (C=O) groups excluding carboxylic acids is 1. The Bertz CT molecular complexity index is 970. The number of phenolic OH excluding ortho intramolecular Hbond substituents is 2. The standard InChI is InChI=1S/C22H24O8/c1-27-15-7-12(8-16(28-2)20(15)25)18-14(10-24)13(9-23)5-11-6-17(29-3)21(26)22(30-4)19(11)18/h5-9,14,18,24-26H,10H2,1-4H3. The maximum Gasteiger partial charge on any atom is 0.201 e. The van der Waals surface area contributed by atoms with Crippen LogP contribution in [0.25, 0.3) is 6.08 Å². The summed E-state index contributed by atoms with van der Waals surface area (Å²) in [6.45, 7) is -0.337. The van der Waals surface area contributed by atoms with Crippen LogP contribution < -0.4 is 18.9 Å². The van der Waals surface area contributed by atoms with Crippen LogP contribution in [0.2, 0.25) is 0 Å². The van der Waals surface area contributed by atoms with Gasteiger partial charge in [0.25, 0.3) is 0 Å². The van der Waals surface area contributed by atoms with Crippen molar-refractivity contribution in [3.05, 3.63) is 40.5 Å². The van der Waals surface area contributed by atoms with Gasteiger partial charge in [-0.1, -0.05) is 0 Å². The van der Waals surface area contributed by atoms with Gasteiger partial charge in [0.1, 0.15) is 6.29 Å². The van der Waals surface area contributed by atoms with E-state index in [1.54, 1.807) is 24.3 Å². The molecule has 0 bridgehead atoms. The lowest BCUT2D eigenvalue weighted by atomic mass is 9.71. The summed E-state index contributed by atoms with van der Waals surface area (Å²) in [6, 6.07) is 4.80. The summed E-state index contributed by atoms with van der Waals surface area (Å²) in [7, 11) is 5.64. The third-order valence-electron chi connectivity index (χ3n) is 5.37. The molecule has 2 aromatic rings. The first-order valence-electron chi connectivity index (χ1n) is 9.15. The number of rotatable bonds is 7. The van der Waals surface area contributed by atoms with Gasteiger partial charge in [-0.3, -0.25) is 4.79 Å². The summed E-state index contributed by atoms with van der Waals surface area (Å²) in [6.07, 6.45) is 2.33. The second-order valence-electron chi connectivity index (χ2n) is 6.77. The SMILES string of the molecule is COc1cc(C2c3c(cc(OC)c(O)c3OC)C=C(C=O)C2CO)cc(OC)c1O. The predicted octanol–water partition coefficient (Wildman–Crippen LogP) is 2.47. The fraction of sp³-hybridized carbons (Fsp3) is 0.318. The number of ether oxygens (including phenoxy) is 4. The number of carbonyl (C=O) groups is 1. The van der Waals surface area contributed by atoms with Crippen LogP contribution in [0.3, 0.4) is 0 Å². The molecule has 0 amide bonds. The van der Waals surface area contributed by atoms with Crippen LogP contribution in [0, 0.1) is 5.92 Å². The topological polar surface area (TPSA) is 115 Å². The minimum absolute atomic E-state index is 0.167. The van der Waals surface area contributed by atoms with Crippen LogP contribution in [-0.4, -0.2) is 56.7 Å². The van der Waals surface area contributed by atoms with E-state index in [1.807, 2.05) is 0 Å². The number of aldehydes is 1. The van der Waals surface area contributed by atoms with Gasteiger partial charge >= 0.3 is 0 Å². The molecule has 0 fully saturated rings. The first-order valence-corrected chi connectivity index (χ1v) is 9.15. The number of hydrogen-bond acceptors (Lipinski definition) is 8. The number of hydrogen-bond donors (Lipinski definition) is 3. The third kappa shape index (κ3) is 3.29. The highest BCUT2D eigenvalue weighted by molar-refractivity contribution is 5.87. The lowest BCUT2D eigenvalue weighted by Gasteiger charge is -2.34. The average Bonchev–Trinajstić information content (AvgIpc) is 2.77. The number of aromatic hydroxyl groups is 2. The average molecular weight is 416 g/mol. The Balaban J connectivity index is 2.39. The van der Waals surface area contributed by atoms with Gasteiger partial charge in [-0.05, 0) is 41.0 Å². The minimum atomic E-state index is -0.629. The second-order valence-corrected chi connectivity index (χ2v) is 6.77. The third-order valence-corrected chi connectivity index (χ3v) is 5.37. The number of fused-ring (bicyclic) bond motifs is 1. The molecule has 2 unspecified atom stereocenters. The molecule has 1 aliphatic rings. The smallest absolute Gasteiger partial charge is 0.201 e. The van der Waals surface area contributed by atoms with Gasteiger partial charge in [0.05, 0.1) is 35.0 Å². The number of methoxy groups -OCH3 is 4. The van der Waals surface area contributed by atoms with Gasteiger partial charge in [-0.15, -0.1) is 0 Å². The Morgan fingerprint density at radius 3 is 1.93 bits per heavy atom. The lowest BCUT2D eigenvalue weighted by Crippen LogP contribution is -2.25. The maximum atomic E-state index is 11.8. The van der Waals surface area contributed by atoms with Crippen LogP contribution in [0.1, 0.15) is 22.6 Å². The van der Waals surface area contributed by atoms with Crippen LogP contribution in [0.4, 0.5) is 0 Å². The number of benzene rings is 2. The first kappa shape index (κ1) is 21.3. The maximum absolute atomic E-state index is 11.8. The molecule has 0 saturated heterocycles. The predicted molar refractivity (Wildman–Crippen MR) is 109 cm³/mol. The first-order chi connectivity index (χ1) is 14.4. The van der Waals surface area contributed by atoms with Gasteiger partial charge in [0.15, 0.2) is 23.0 Å². The summed E-state index contributed by atoms with van der Waals surface area (Å²) >= 11 is 0.